The number of rotatable bonds is 8. The number of nitrogens with one attached hydrogen (secondary N) is 1. The van der Waals surface area contributed by atoms with E-state index in [1.165, 1.54) is 26.4 Å². The summed E-state index contributed by atoms with van der Waals surface area (Å²) in [5, 5.41) is 16.9. The average Bonchev–Trinajstić information content (AvgIpc) is 3.37. The van der Waals surface area contributed by atoms with Gasteiger partial charge in [-0.15, -0.1) is 0 Å². The third-order valence-electron chi connectivity index (χ3n) is 6.16. The van der Waals surface area contributed by atoms with Crippen molar-refractivity contribution in [2.75, 3.05) is 33.9 Å². The molecule has 8 heteroatoms. The van der Waals surface area contributed by atoms with E-state index in [-0.39, 0.29) is 28.8 Å². The number of benzene rings is 3. The number of likely N-dealkylation sites (tertiary alicyclic amines) is 1. The highest BCUT2D eigenvalue weighted by molar-refractivity contribution is 5.99. The fraction of sp³-hybridized carbons (Fsp3) is 0.320. The topological polar surface area (TPSA) is 93.9 Å². The maximum absolute atomic E-state index is 13.1. The van der Waals surface area contributed by atoms with E-state index in [0.29, 0.717) is 6.54 Å². The number of carbonyl (C=O) groups is 1. The van der Waals surface area contributed by atoms with Crippen LogP contribution in [0.5, 0.6) is 11.5 Å². The lowest BCUT2D eigenvalue weighted by Gasteiger charge is -2.29. The first-order valence-corrected chi connectivity index (χ1v) is 10.9. The lowest BCUT2D eigenvalue weighted by molar-refractivity contribution is -0.385. The number of nitro groups is 1. The maximum atomic E-state index is 13.1. The largest absolute Gasteiger partial charge is 0.493 e. The van der Waals surface area contributed by atoms with Gasteiger partial charge in [0, 0.05) is 12.6 Å². The molecule has 1 aliphatic heterocycles. The van der Waals surface area contributed by atoms with Crippen LogP contribution in [-0.2, 0) is 0 Å². The van der Waals surface area contributed by atoms with Crippen LogP contribution in [-0.4, -0.2) is 49.6 Å². The first-order chi connectivity index (χ1) is 16.0. The molecule has 0 radical (unpaired) electrons. The van der Waals surface area contributed by atoms with E-state index in [1.54, 1.807) is 0 Å². The number of fused-ring (bicyclic) bond motifs is 1. The van der Waals surface area contributed by atoms with Crippen LogP contribution in [0.2, 0.25) is 0 Å². The van der Waals surface area contributed by atoms with Crippen LogP contribution < -0.4 is 14.8 Å². The van der Waals surface area contributed by atoms with E-state index >= 15 is 0 Å². The van der Waals surface area contributed by atoms with Crippen LogP contribution in [0.3, 0.4) is 0 Å². The Balaban J connectivity index is 1.65. The van der Waals surface area contributed by atoms with Gasteiger partial charge < -0.3 is 14.8 Å². The molecule has 1 fully saturated rings. The van der Waals surface area contributed by atoms with Gasteiger partial charge in [-0.05, 0) is 42.3 Å². The van der Waals surface area contributed by atoms with E-state index in [9.17, 15) is 14.9 Å². The van der Waals surface area contributed by atoms with Crippen molar-refractivity contribution in [2.24, 2.45) is 0 Å². The second-order valence-corrected chi connectivity index (χ2v) is 8.02. The molecule has 1 amide bonds. The summed E-state index contributed by atoms with van der Waals surface area (Å²) < 4.78 is 10.4. The van der Waals surface area contributed by atoms with Crippen LogP contribution in [0.15, 0.2) is 54.6 Å². The first kappa shape index (κ1) is 22.5. The van der Waals surface area contributed by atoms with Crippen molar-refractivity contribution in [3.05, 3.63) is 75.8 Å². The van der Waals surface area contributed by atoms with Crippen molar-refractivity contribution >= 4 is 22.4 Å². The Labute approximate surface area is 192 Å². The second kappa shape index (κ2) is 9.87. The Bertz CT molecular complexity index is 1170. The van der Waals surface area contributed by atoms with Gasteiger partial charge in [-0.3, -0.25) is 19.8 Å². The minimum atomic E-state index is -0.584. The number of nitrogens with zero attached hydrogens (tertiary/aromatic N) is 2. The zero-order valence-corrected chi connectivity index (χ0v) is 18.7. The third-order valence-corrected chi connectivity index (χ3v) is 6.16. The number of carbonyl (C=O) groups excluding carboxylic acids is 1. The van der Waals surface area contributed by atoms with Gasteiger partial charge in [0.2, 0.25) is 0 Å². The number of methoxy groups -OCH3 is 2. The monoisotopic (exact) mass is 449 g/mol. The van der Waals surface area contributed by atoms with E-state index in [4.69, 9.17) is 9.47 Å². The molecule has 1 atom stereocenters. The minimum Gasteiger partial charge on any atom is -0.493 e. The molecule has 33 heavy (non-hydrogen) atoms. The number of ether oxygens (including phenoxy) is 2. The van der Waals surface area contributed by atoms with Gasteiger partial charge in [0.15, 0.2) is 11.5 Å². The van der Waals surface area contributed by atoms with E-state index in [2.05, 4.69) is 34.5 Å². The Morgan fingerprint density at radius 2 is 1.73 bits per heavy atom. The van der Waals surface area contributed by atoms with E-state index in [0.717, 1.165) is 42.3 Å². The van der Waals surface area contributed by atoms with Gasteiger partial charge >= 0.3 is 0 Å². The van der Waals surface area contributed by atoms with Gasteiger partial charge in [0.1, 0.15) is 5.56 Å². The smallest absolute Gasteiger partial charge is 0.286 e. The summed E-state index contributed by atoms with van der Waals surface area (Å²) in [4.78, 5) is 26.5. The Morgan fingerprint density at radius 3 is 2.42 bits per heavy atom. The molecule has 172 valence electrons. The van der Waals surface area contributed by atoms with Crippen molar-refractivity contribution in [1.82, 2.24) is 10.2 Å². The van der Waals surface area contributed by atoms with Gasteiger partial charge in [0.25, 0.3) is 11.6 Å². The molecular weight excluding hydrogens is 422 g/mol. The first-order valence-electron chi connectivity index (χ1n) is 10.9. The third kappa shape index (κ3) is 4.61. The van der Waals surface area contributed by atoms with Crippen LogP contribution in [0.25, 0.3) is 10.8 Å². The van der Waals surface area contributed by atoms with Crippen molar-refractivity contribution in [1.29, 1.82) is 0 Å². The highest BCUT2D eigenvalue weighted by atomic mass is 16.6. The summed E-state index contributed by atoms with van der Waals surface area (Å²) in [6.07, 6.45) is 2.22. The molecule has 0 saturated carbocycles. The van der Waals surface area contributed by atoms with Gasteiger partial charge in [-0.25, -0.2) is 0 Å². The van der Waals surface area contributed by atoms with Gasteiger partial charge in [-0.1, -0.05) is 42.5 Å². The maximum Gasteiger partial charge on any atom is 0.286 e. The standard InChI is InChI=1S/C25H27N3O5/c1-32-23-14-20(21(28(30)31)15-24(23)33-2)25(29)26-16-22(27-12-5-6-13-27)19-11-7-9-17-8-3-4-10-18(17)19/h3-4,7-11,14-15,22H,5-6,12-13,16H2,1-2H3,(H,26,29)/t22-/m1/s1. The molecule has 4 rings (SSSR count). The predicted molar refractivity (Wildman–Crippen MR) is 126 cm³/mol. The zero-order valence-electron chi connectivity index (χ0n) is 18.7. The second-order valence-electron chi connectivity index (χ2n) is 8.02. The number of hydrogen-bond donors (Lipinski definition) is 1. The van der Waals surface area contributed by atoms with Crippen LogP contribution in [0.4, 0.5) is 5.69 Å². The molecule has 1 N–H and O–H groups in total. The van der Waals surface area contributed by atoms with E-state index < -0.39 is 10.8 Å². The fourth-order valence-corrected chi connectivity index (χ4v) is 4.52. The van der Waals surface area contributed by atoms with Crippen molar-refractivity contribution in [3.63, 3.8) is 0 Å². The highest BCUT2D eigenvalue weighted by Gasteiger charge is 2.28. The van der Waals surface area contributed by atoms with Crippen molar-refractivity contribution in [3.8, 4) is 11.5 Å². The molecule has 3 aromatic carbocycles. The quantitative estimate of drug-likeness (QED) is 0.406. The van der Waals surface area contributed by atoms with Crippen LogP contribution in [0.1, 0.15) is 34.8 Å². The van der Waals surface area contributed by atoms with Crippen LogP contribution in [0, 0.1) is 10.1 Å². The average molecular weight is 450 g/mol. The molecule has 0 spiro atoms. The molecule has 0 bridgehead atoms. The molecule has 0 aromatic heterocycles. The summed E-state index contributed by atoms with van der Waals surface area (Å²) in [5.41, 5.74) is 0.751. The van der Waals surface area contributed by atoms with Crippen LogP contribution >= 0.6 is 0 Å². The number of nitro benzene ring substituents is 1. The molecule has 0 unspecified atom stereocenters. The molecule has 3 aromatic rings. The summed E-state index contributed by atoms with van der Waals surface area (Å²) in [5.74, 6) is -0.0584. The molecule has 1 heterocycles. The van der Waals surface area contributed by atoms with E-state index in [1.807, 2.05) is 18.2 Å². The fourth-order valence-electron chi connectivity index (χ4n) is 4.52. The molecular formula is C25H27N3O5. The summed E-state index contributed by atoms with van der Waals surface area (Å²) in [6.45, 7) is 2.22. The minimum absolute atomic E-state index is 0.0400. The number of amides is 1. The Hall–Kier alpha value is -3.65. The normalized spacial score (nSPS) is 14.7. The SMILES string of the molecule is COc1cc(C(=O)NC[C@H](c2cccc3ccccc23)N2CCCC2)c([N+](=O)[O-])cc1OC. The zero-order chi connectivity index (χ0) is 23.4. The van der Waals surface area contributed by atoms with Gasteiger partial charge in [0.05, 0.1) is 31.3 Å². The lowest BCUT2D eigenvalue weighted by atomic mass is 9.97. The van der Waals surface area contributed by atoms with Gasteiger partial charge in [-0.2, -0.15) is 0 Å². The Morgan fingerprint density at radius 1 is 1.06 bits per heavy atom. The summed E-state index contributed by atoms with van der Waals surface area (Å²) >= 11 is 0. The highest BCUT2D eigenvalue weighted by Crippen LogP contribution is 2.35. The summed E-state index contributed by atoms with van der Waals surface area (Å²) in [7, 11) is 2.82. The molecule has 1 aliphatic rings. The predicted octanol–water partition coefficient (Wildman–Crippen LogP) is 4.33. The lowest BCUT2D eigenvalue weighted by Crippen LogP contribution is -2.37. The van der Waals surface area contributed by atoms with Crippen molar-refractivity contribution in [2.45, 2.75) is 18.9 Å². The Kier molecular flexibility index (Phi) is 6.74. The van der Waals surface area contributed by atoms with Crippen molar-refractivity contribution < 1.29 is 19.2 Å². The number of hydrogen-bond acceptors (Lipinski definition) is 6. The molecule has 0 aliphatic carbocycles. The molecule has 8 nitrogen and oxygen atoms in total. The molecule has 1 saturated heterocycles. The summed E-state index contributed by atoms with van der Waals surface area (Å²) in [6, 6.07) is 16.9.